The van der Waals surface area contributed by atoms with Crippen LogP contribution in [0.2, 0.25) is 0 Å². The molecular formula is C13H12N2S. The van der Waals surface area contributed by atoms with Crippen LogP contribution in [0.3, 0.4) is 0 Å². The second-order valence-electron chi connectivity index (χ2n) is 3.32. The molecule has 0 fully saturated rings. The van der Waals surface area contributed by atoms with Crippen LogP contribution in [0.1, 0.15) is 5.56 Å². The summed E-state index contributed by atoms with van der Waals surface area (Å²) in [4.78, 5) is 2.16. The molecule has 0 saturated carbocycles. The van der Waals surface area contributed by atoms with Crippen molar-refractivity contribution in [1.82, 2.24) is 0 Å². The highest BCUT2D eigenvalue weighted by molar-refractivity contribution is 7.99. The minimum atomic E-state index is 0.110. The zero-order valence-corrected chi connectivity index (χ0v) is 9.50. The highest BCUT2D eigenvalue weighted by Crippen LogP contribution is 2.29. The van der Waals surface area contributed by atoms with Crippen LogP contribution in [0, 0.1) is 5.41 Å². The summed E-state index contributed by atoms with van der Waals surface area (Å²) in [5.74, 6) is 0.110. The molecule has 0 aliphatic carbocycles. The number of amidine groups is 1. The van der Waals surface area contributed by atoms with Gasteiger partial charge in [0.25, 0.3) is 0 Å². The van der Waals surface area contributed by atoms with Gasteiger partial charge in [-0.15, -0.1) is 0 Å². The maximum Gasteiger partial charge on any atom is 0.123 e. The normalized spacial score (nSPS) is 10.0. The molecule has 0 aliphatic heterocycles. The number of hydrogen-bond acceptors (Lipinski definition) is 2. The molecule has 3 heteroatoms. The number of nitrogens with one attached hydrogen (secondary N) is 1. The topological polar surface area (TPSA) is 49.9 Å². The third-order valence-electron chi connectivity index (χ3n) is 2.15. The molecule has 0 aliphatic rings. The summed E-state index contributed by atoms with van der Waals surface area (Å²) in [6.45, 7) is 0. The standard InChI is InChI=1S/C13H12N2S/c14-13(15)11-8-4-5-9-12(11)16-10-6-2-1-3-7-10/h1-9H,(H3,14,15). The molecule has 2 aromatic carbocycles. The quantitative estimate of drug-likeness (QED) is 0.626. The van der Waals surface area contributed by atoms with Gasteiger partial charge in [0, 0.05) is 15.4 Å². The maximum absolute atomic E-state index is 7.51. The van der Waals surface area contributed by atoms with Crippen LogP contribution < -0.4 is 5.73 Å². The third kappa shape index (κ3) is 2.44. The molecule has 0 aromatic heterocycles. The summed E-state index contributed by atoms with van der Waals surface area (Å²) >= 11 is 1.62. The maximum atomic E-state index is 7.51. The summed E-state index contributed by atoms with van der Waals surface area (Å²) in [6.07, 6.45) is 0. The summed E-state index contributed by atoms with van der Waals surface area (Å²) in [5, 5.41) is 7.51. The van der Waals surface area contributed by atoms with Crippen LogP contribution in [0.4, 0.5) is 0 Å². The van der Waals surface area contributed by atoms with Gasteiger partial charge in [0.2, 0.25) is 0 Å². The van der Waals surface area contributed by atoms with Gasteiger partial charge in [0.05, 0.1) is 0 Å². The number of nitrogens with two attached hydrogens (primary N) is 1. The first-order valence-electron chi connectivity index (χ1n) is 4.93. The van der Waals surface area contributed by atoms with Crippen LogP contribution >= 0.6 is 11.8 Å². The summed E-state index contributed by atoms with van der Waals surface area (Å²) in [5.41, 5.74) is 6.33. The molecule has 0 spiro atoms. The van der Waals surface area contributed by atoms with Gasteiger partial charge in [-0.05, 0) is 18.2 Å². The number of nitrogen functional groups attached to an aromatic ring is 1. The van der Waals surface area contributed by atoms with E-state index in [9.17, 15) is 0 Å². The minimum Gasteiger partial charge on any atom is -0.384 e. The van der Waals surface area contributed by atoms with Crippen LogP contribution in [0.25, 0.3) is 0 Å². The van der Waals surface area contributed by atoms with E-state index in [1.165, 1.54) is 0 Å². The van der Waals surface area contributed by atoms with Crippen molar-refractivity contribution in [2.24, 2.45) is 5.73 Å². The van der Waals surface area contributed by atoms with Gasteiger partial charge < -0.3 is 5.73 Å². The Balaban J connectivity index is 2.31. The van der Waals surface area contributed by atoms with E-state index >= 15 is 0 Å². The Morgan fingerprint density at radius 3 is 2.25 bits per heavy atom. The molecule has 80 valence electrons. The Morgan fingerprint density at radius 1 is 0.938 bits per heavy atom. The first kappa shape index (κ1) is 10.8. The molecule has 0 saturated heterocycles. The number of rotatable bonds is 3. The fourth-order valence-electron chi connectivity index (χ4n) is 1.39. The van der Waals surface area contributed by atoms with Crippen molar-refractivity contribution in [2.75, 3.05) is 0 Å². The van der Waals surface area contributed by atoms with E-state index in [0.717, 1.165) is 15.4 Å². The molecule has 0 unspecified atom stereocenters. The van der Waals surface area contributed by atoms with Crippen LogP contribution in [-0.4, -0.2) is 5.84 Å². The van der Waals surface area contributed by atoms with Crippen molar-refractivity contribution >= 4 is 17.6 Å². The lowest BCUT2D eigenvalue weighted by atomic mass is 10.2. The van der Waals surface area contributed by atoms with Gasteiger partial charge in [0.1, 0.15) is 5.84 Å². The largest absolute Gasteiger partial charge is 0.384 e. The van der Waals surface area contributed by atoms with Gasteiger partial charge in [-0.2, -0.15) is 0 Å². The van der Waals surface area contributed by atoms with Gasteiger partial charge in [-0.3, -0.25) is 5.41 Å². The lowest BCUT2D eigenvalue weighted by molar-refractivity contribution is 1.33. The van der Waals surface area contributed by atoms with Crippen LogP contribution in [0.5, 0.6) is 0 Å². The molecule has 3 N–H and O–H groups in total. The fourth-order valence-corrected chi connectivity index (χ4v) is 2.38. The average Bonchev–Trinajstić information content (AvgIpc) is 2.31. The van der Waals surface area contributed by atoms with E-state index in [0.29, 0.717) is 0 Å². The first-order valence-corrected chi connectivity index (χ1v) is 5.75. The Kier molecular flexibility index (Phi) is 3.27. The van der Waals surface area contributed by atoms with E-state index in [1.807, 2.05) is 54.6 Å². The minimum absolute atomic E-state index is 0.110. The fraction of sp³-hybridized carbons (Fsp3) is 0. The van der Waals surface area contributed by atoms with Crippen molar-refractivity contribution in [3.8, 4) is 0 Å². The monoisotopic (exact) mass is 228 g/mol. The Labute approximate surface area is 99.0 Å². The molecule has 2 nitrogen and oxygen atoms in total. The molecule has 0 heterocycles. The average molecular weight is 228 g/mol. The Bertz CT molecular complexity index is 494. The van der Waals surface area contributed by atoms with Gasteiger partial charge in [-0.25, -0.2) is 0 Å². The van der Waals surface area contributed by atoms with Crippen molar-refractivity contribution in [3.63, 3.8) is 0 Å². The lowest BCUT2D eigenvalue weighted by Crippen LogP contribution is -2.11. The van der Waals surface area contributed by atoms with E-state index < -0.39 is 0 Å². The smallest absolute Gasteiger partial charge is 0.123 e. The van der Waals surface area contributed by atoms with E-state index in [1.54, 1.807) is 11.8 Å². The highest BCUT2D eigenvalue weighted by atomic mass is 32.2. The Morgan fingerprint density at radius 2 is 1.56 bits per heavy atom. The Hall–Kier alpha value is -1.74. The predicted octanol–water partition coefficient (Wildman–Crippen LogP) is 3.12. The van der Waals surface area contributed by atoms with Crippen molar-refractivity contribution in [3.05, 3.63) is 60.2 Å². The summed E-state index contributed by atoms with van der Waals surface area (Å²) in [7, 11) is 0. The molecule has 0 atom stereocenters. The summed E-state index contributed by atoms with van der Waals surface area (Å²) in [6, 6.07) is 17.8. The van der Waals surface area contributed by atoms with Gasteiger partial charge >= 0.3 is 0 Å². The molecule has 2 aromatic rings. The third-order valence-corrected chi connectivity index (χ3v) is 3.23. The van der Waals surface area contributed by atoms with Crippen molar-refractivity contribution in [2.45, 2.75) is 9.79 Å². The lowest BCUT2D eigenvalue weighted by Gasteiger charge is -2.07. The highest BCUT2D eigenvalue weighted by Gasteiger charge is 2.05. The van der Waals surface area contributed by atoms with E-state index in [2.05, 4.69) is 0 Å². The second-order valence-corrected chi connectivity index (χ2v) is 4.44. The zero-order chi connectivity index (χ0) is 11.4. The van der Waals surface area contributed by atoms with Crippen LogP contribution in [0.15, 0.2) is 64.4 Å². The summed E-state index contributed by atoms with van der Waals surface area (Å²) < 4.78 is 0. The molecular weight excluding hydrogens is 216 g/mol. The van der Waals surface area contributed by atoms with Gasteiger partial charge in [0.15, 0.2) is 0 Å². The predicted molar refractivity (Wildman–Crippen MR) is 68.0 cm³/mol. The molecule has 0 bridgehead atoms. The molecule has 2 rings (SSSR count). The zero-order valence-electron chi connectivity index (χ0n) is 8.68. The second kappa shape index (κ2) is 4.86. The molecule has 0 radical (unpaired) electrons. The van der Waals surface area contributed by atoms with E-state index in [-0.39, 0.29) is 5.84 Å². The number of benzene rings is 2. The molecule has 0 amide bonds. The van der Waals surface area contributed by atoms with Crippen molar-refractivity contribution in [1.29, 1.82) is 5.41 Å². The number of hydrogen-bond donors (Lipinski definition) is 2. The first-order chi connectivity index (χ1) is 7.77. The van der Waals surface area contributed by atoms with Crippen molar-refractivity contribution < 1.29 is 0 Å². The van der Waals surface area contributed by atoms with Gasteiger partial charge in [-0.1, -0.05) is 48.2 Å². The SMILES string of the molecule is N=C(N)c1ccccc1Sc1ccccc1. The van der Waals surface area contributed by atoms with Crippen LogP contribution in [-0.2, 0) is 0 Å². The van der Waals surface area contributed by atoms with E-state index in [4.69, 9.17) is 11.1 Å². The molecule has 16 heavy (non-hydrogen) atoms.